The van der Waals surface area contributed by atoms with Crippen molar-refractivity contribution in [3.05, 3.63) is 77.3 Å². The van der Waals surface area contributed by atoms with E-state index in [2.05, 4.69) is 18.0 Å². The Morgan fingerprint density at radius 3 is 2.79 bits per heavy atom. The van der Waals surface area contributed by atoms with Crippen LogP contribution >= 0.6 is 22.9 Å². The zero-order valence-electron chi connectivity index (χ0n) is 15.4. The number of fused-ring (bicyclic) bond motifs is 1. The van der Waals surface area contributed by atoms with Gasteiger partial charge >= 0.3 is 0 Å². The van der Waals surface area contributed by atoms with Gasteiger partial charge in [0.1, 0.15) is 0 Å². The highest BCUT2D eigenvalue weighted by atomic mass is 35.5. The minimum atomic E-state index is -0.0712. The van der Waals surface area contributed by atoms with Crippen LogP contribution in [0.4, 0.5) is 5.13 Å². The number of halogens is 1. The molecule has 0 saturated carbocycles. The number of aryl methyl sites for hydroxylation is 2. The van der Waals surface area contributed by atoms with E-state index in [1.54, 1.807) is 53.0 Å². The number of benzene rings is 2. The molecule has 28 heavy (non-hydrogen) atoms. The monoisotopic (exact) mass is 410 g/mol. The molecule has 0 aliphatic heterocycles. The molecule has 0 atom stereocenters. The quantitative estimate of drug-likeness (QED) is 0.439. The zero-order valence-corrected chi connectivity index (χ0v) is 17.0. The highest BCUT2D eigenvalue weighted by molar-refractivity contribution is 7.22. The fourth-order valence-corrected chi connectivity index (χ4v) is 4.21. The van der Waals surface area contributed by atoms with Gasteiger partial charge in [0, 0.05) is 36.1 Å². The molecule has 142 valence electrons. The van der Waals surface area contributed by atoms with E-state index in [4.69, 9.17) is 16.6 Å². The maximum absolute atomic E-state index is 13.2. The Labute approximate surface area is 172 Å². The van der Waals surface area contributed by atoms with Gasteiger partial charge in [-0.1, -0.05) is 29.0 Å². The van der Waals surface area contributed by atoms with Gasteiger partial charge in [-0.05, 0) is 55.3 Å². The molecule has 1 amide bonds. The van der Waals surface area contributed by atoms with E-state index in [1.165, 1.54) is 5.56 Å². The van der Waals surface area contributed by atoms with E-state index in [9.17, 15) is 4.79 Å². The highest BCUT2D eigenvalue weighted by Gasteiger charge is 2.21. The lowest BCUT2D eigenvalue weighted by Gasteiger charge is -2.20. The minimum absolute atomic E-state index is 0.0712. The second-order valence-electron chi connectivity index (χ2n) is 6.59. The van der Waals surface area contributed by atoms with Gasteiger partial charge in [0.2, 0.25) is 0 Å². The van der Waals surface area contributed by atoms with Crippen LogP contribution in [0.25, 0.3) is 10.2 Å². The van der Waals surface area contributed by atoms with Crippen molar-refractivity contribution in [2.75, 3.05) is 11.4 Å². The summed E-state index contributed by atoms with van der Waals surface area (Å²) in [6, 6.07) is 13.1. The first-order valence-corrected chi connectivity index (χ1v) is 10.2. The molecule has 4 rings (SSSR count). The first-order chi connectivity index (χ1) is 13.6. The molecular weight excluding hydrogens is 392 g/mol. The number of carbonyl (C=O) groups is 1. The number of amides is 1. The zero-order chi connectivity index (χ0) is 19.5. The molecule has 0 aliphatic carbocycles. The van der Waals surface area contributed by atoms with E-state index < -0.39 is 0 Å². The predicted octanol–water partition coefficient (Wildman–Crippen LogP) is 5.19. The van der Waals surface area contributed by atoms with Crippen LogP contribution in [0, 0.1) is 6.92 Å². The summed E-state index contributed by atoms with van der Waals surface area (Å²) < 4.78 is 3.09. The maximum Gasteiger partial charge on any atom is 0.260 e. The molecule has 0 bridgehead atoms. The smallest absolute Gasteiger partial charge is 0.260 e. The lowest BCUT2D eigenvalue weighted by molar-refractivity contribution is 0.0986. The Hall–Kier alpha value is -2.70. The summed E-state index contributed by atoms with van der Waals surface area (Å²) in [5.41, 5.74) is 2.69. The van der Waals surface area contributed by atoms with Gasteiger partial charge in [0.05, 0.1) is 16.5 Å². The number of hydrogen-bond donors (Lipinski definition) is 0. The molecule has 0 saturated heterocycles. The number of imidazole rings is 1. The molecule has 0 unspecified atom stereocenters. The van der Waals surface area contributed by atoms with Crippen LogP contribution in [0.1, 0.15) is 22.3 Å². The molecule has 2 aromatic heterocycles. The number of carbonyl (C=O) groups excluding carboxylic acids is 1. The summed E-state index contributed by atoms with van der Waals surface area (Å²) in [7, 11) is 0. The predicted molar refractivity (Wildman–Crippen MR) is 114 cm³/mol. The molecule has 0 spiro atoms. The first kappa shape index (κ1) is 18.7. The van der Waals surface area contributed by atoms with Crippen LogP contribution in [0.2, 0.25) is 5.02 Å². The molecule has 7 heteroatoms. The summed E-state index contributed by atoms with van der Waals surface area (Å²) in [5.74, 6) is -0.0712. The molecule has 0 aliphatic rings. The summed E-state index contributed by atoms with van der Waals surface area (Å²) >= 11 is 7.52. The summed E-state index contributed by atoms with van der Waals surface area (Å²) in [6.07, 6.45) is 6.26. The lowest BCUT2D eigenvalue weighted by atomic mass is 10.2. The third-order valence-corrected chi connectivity index (χ3v) is 5.75. The van der Waals surface area contributed by atoms with Crippen molar-refractivity contribution in [3.8, 4) is 0 Å². The van der Waals surface area contributed by atoms with E-state index in [1.807, 2.05) is 22.9 Å². The number of hydrogen-bond acceptors (Lipinski definition) is 4. The van der Waals surface area contributed by atoms with Crippen molar-refractivity contribution >= 4 is 44.2 Å². The number of aromatic nitrogens is 3. The molecule has 5 nitrogen and oxygen atoms in total. The van der Waals surface area contributed by atoms with Crippen molar-refractivity contribution < 1.29 is 4.79 Å². The van der Waals surface area contributed by atoms with Crippen molar-refractivity contribution in [1.29, 1.82) is 0 Å². The number of nitrogens with zero attached hydrogens (tertiary/aromatic N) is 4. The summed E-state index contributed by atoms with van der Waals surface area (Å²) in [5, 5.41) is 1.32. The molecule has 4 aromatic rings. The number of rotatable bonds is 6. The van der Waals surface area contributed by atoms with Gasteiger partial charge in [-0.25, -0.2) is 9.97 Å². The molecule has 2 aromatic carbocycles. The van der Waals surface area contributed by atoms with Gasteiger partial charge < -0.3 is 4.57 Å². The standard InChI is InChI=1S/C21H19ClN4OS/c1-15-3-8-18-19(13-15)28-21(24-18)26(11-2-10-25-12-9-23-14-25)20(27)16-4-6-17(22)7-5-16/h3-9,12-14H,2,10-11H2,1H3. The van der Waals surface area contributed by atoms with E-state index in [0.29, 0.717) is 22.3 Å². The van der Waals surface area contributed by atoms with Crippen LogP contribution in [0.15, 0.2) is 61.2 Å². The normalized spacial score (nSPS) is 11.1. The summed E-state index contributed by atoms with van der Waals surface area (Å²) in [6.45, 7) is 3.41. The molecule has 0 N–H and O–H groups in total. The Bertz CT molecular complexity index is 1090. The van der Waals surface area contributed by atoms with Crippen molar-refractivity contribution in [3.63, 3.8) is 0 Å². The average molecular weight is 411 g/mol. The Morgan fingerprint density at radius 1 is 1.21 bits per heavy atom. The first-order valence-electron chi connectivity index (χ1n) is 9.00. The average Bonchev–Trinajstić information content (AvgIpc) is 3.34. The van der Waals surface area contributed by atoms with Gasteiger partial charge in [0.15, 0.2) is 5.13 Å². The molecule has 0 fully saturated rings. The topological polar surface area (TPSA) is 51.0 Å². The van der Waals surface area contributed by atoms with Crippen molar-refractivity contribution in [2.45, 2.75) is 19.9 Å². The van der Waals surface area contributed by atoms with Crippen LogP contribution in [0.5, 0.6) is 0 Å². The molecule has 0 radical (unpaired) electrons. The molecule has 2 heterocycles. The third-order valence-electron chi connectivity index (χ3n) is 4.46. The van der Waals surface area contributed by atoms with Crippen LogP contribution in [-0.4, -0.2) is 27.0 Å². The fourth-order valence-electron chi connectivity index (χ4n) is 3.00. The van der Waals surface area contributed by atoms with E-state index in [-0.39, 0.29) is 5.91 Å². The largest absolute Gasteiger partial charge is 0.337 e. The van der Waals surface area contributed by atoms with E-state index >= 15 is 0 Å². The highest BCUT2D eigenvalue weighted by Crippen LogP contribution is 2.30. The van der Waals surface area contributed by atoms with Crippen molar-refractivity contribution in [2.24, 2.45) is 0 Å². The lowest BCUT2D eigenvalue weighted by Crippen LogP contribution is -2.32. The molecular formula is C21H19ClN4OS. The summed E-state index contributed by atoms with van der Waals surface area (Å²) in [4.78, 5) is 23.8. The van der Waals surface area contributed by atoms with Gasteiger partial charge in [-0.15, -0.1) is 0 Å². The Morgan fingerprint density at radius 2 is 2.04 bits per heavy atom. The number of thiazole rings is 1. The van der Waals surface area contributed by atoms with E-state index in [0.717, 1.165) is 23.2 Å². The van der Waals surface area contributed by atoms with Crippen LogP contribution in [-0.2, 0) is 6.54 Å². The van der Waals surface area contributed by atoms with Gasteiger partial charge in [-0.3, -0.25) is 9.69 Å². The van der Waals surface area contributed by atoms with Gasteiger partial charge in [-0.2, -0.15) is 0 Å². The van der Waals surface area contributed by atoms with Crippen molar-refractivity contribution in [1.82, 2.24) is 14.5 Å². The fraction of sp³-hybridized carbons (Fsp3) is 0.190. The SMILES string of the molecule is Cc1ccc2nc(N(CCCn3ccnc3)C(=O)c3ccc(Cl)cc3)sc2c1. The van der Waals surface area contributed by atoms with Crippen LogP contribution in [0.3, 0.4) is 0 Å². The Kier molecular flexibility index (Phi) is 5.41. The third kappa shape index (κ3) is 4.08. The minimum Gasteiger partial charge on any atom is -0.337 e. The second-order valence-corrected chi connectivity index (χ2v) is 8.03. The van der Waals surface area contributed by atoms with Crippen LogP contribution < -0.4 is 4.90 Å². The Balaban J connectivity index is 1.62. The number of anilines is 1. The second kappa shape index (κ2) is 8.12. The maximum atomic E-state index is 13.2. The van der Waals surface area contributed by atoms with Gasteiger partial charge in [0.25, 0.3) is 5.91 Å².